The van der Waals surface area contributed by atoms with Gasteiger partial charge in [-0.15, -0.1) is 0 Å². The summed E-state index contributed by atoms with van der Waals surface area (Å²) in [5.74, 6) is -1.32. The first kappa shape index (κ1) is 15.2. The average molecular weight is 263 g/mol. The van der Waals surface area contributed by atoms with Crippen LogP contribution in [0.25, 0.3) is 0 Å². The number of benzene rings is 1. The van der Waals surface area contributed by atoms with Crippen molar-refractivity contribution in [2.75, 3.05) is 0 Å². The van der Waals surface area contributed by atoms with E-state index < -0.39 is 11.5 Å². The monoisotopic (exact) mass is 263 g/mol. The van der Waals surface area contributed by atoms with Crippen molar-refractivity contribution in [2.24, 2.45) is 0 Å². The smallest absolute Gasteiger partial charge is 0.328 e. The Balaban J connectivity index is 2.87. The summed E-state index contributed by atoms with van der Waals surface area (Å²) in [6.45, 7) is 8.89. The molecule has 0 saturated carbocycles. The molecule has 0 unspecified atom stereocenters. The summed E-state index contributed by atoms with van der Waals surface area (Å²) in [5, 5.41) is 11.5. The molecule has 0 aromatic heterocycles. The number of carbonyl (C=O) groups excluding carboxylic acids is 1. The van der Waals surface area contributed by atoms with Gasteiger partial charge >= 0.3 is 5.97 Å². The Labute approximate surface area is 113 Å². The zero-order valence-electron chi connectivity index (χ0n) is 12.1. The summed E-state index contributed by atoms with van der Waals surface area (Å²) >= 11 is 0. The molecule has 0 saturated heterocycles. The third-order valence-electron chi connectivity index (χ3n) is 3.16. The van der Waals surface area contributed by atoms with Gasteiger partial charge in [-0.1, -0.05) is 17.7 Å². The highest BCUT2D eigenvalue weighted by molar-refractivity contribution is 5.87. The van der Waals surface area contributed by atoms with Gasteiger partial charge in [0.1, 0.15) is 5.54 Å². The average Bonchev–Trinajstić information content (AvgIpc) is 2.22. The van der Waals surface area contributed by atoms with Gasteiger partial charge in [0.05, 0.1) is 6.42 Å². The van der Waals surface area contributed by atoms with Crippen LogP contribution in [0.2, 0.25) is 0 Å². The molecule has 0 radical (unpaired) electrons. The van der Waals surface area contributed by atoms with E-state index in [0.717, 1.165) is 22.3 Å². The second-order valence-electron chi connectivity index (χ2n) is 5.53. The van der Waals surface area contributed by atoms with E-state index in [1.807, 2.05) is 32.9 Å². The third kappa shape index (κ3) is 3.81. The van der Waals surface area contributed by atoms with E-state index in [-0.39, 0.29) is 12.3 Å². The Morgan fingerprint density at radius 1 is 1.16 bits per heavy atom. The number of hydrogen-bond acceptors (Lipinski definition) is 2. The third-order valence-corrected chi connectivity index (χ3v) is 3.16. The van der Waals surface area contributed by atoms with Crippen molar-refractivity contribution < 1.29 is 14.7 Å². The zero-order chi connectivity index (χ0) is 14.8. The predicted octanol–water partition coefficient (Wildman–Crippen LogP) is 2.13. The number of rotatable bonds is 4. The van der Waals surface area contributed by atoms with Crippen molar-refractivity contribution in [1.29, 1.82) is 0 Å². The normalized spacial score (nSPS) is 11.2. The lowest BCUT2D eigenvalue weighted by molar-refractivity contribution is -0.145. The fourth-order valence-corrected chi connectivity index (χ4v) is 2.10. The first-order chi connectivity index (χ1) is 8.63. The van der Waals surface area contributed by atoms with Gasteiger partial charge < -0.3 is 10.4 Å². The van der Waals surface area contributed by atoms with Crippen LogP contribution in [0.5, 0.6) is 0 Å². The van der Waals surface area contributed by atoms with Crippen molar-refractivity contribution in [3.05, 3.63) is 34.4 Å². The molecule has 0 fully saturated rings. The largest absolute Gasteiger partial charge is 0.480 e. The Morgan fingerprint density at radius 2 is 1.63 bits per heavy atom. The van der Waals surface area contributed by atoms with Gasteiger partial charge in [0.2, 0.25) is 5.91 Å². The van der Waals surface area contributed by atoms with E-state index in [2.05, 4.69) is 5.32 Å². The SMILES string of the molecule is Cc1cc(C)c(CC(=O)NC(C)(C)C(=O)O)c(C)c1. The minimum absolute atomic E-state index is 0.203. The Bertz CT molecular complexity index is 495. The number of carboxylic acid groups (broad SMARTS) is 1. The number of aryl methyl sites for hydroxylation is 3. The maximum absolute atomic E-state index is 11.9. The van der Waals surface area contributed by atoms with E-state index in [1.165, 1.54) is 13.8 Å². The number of hydrogen-bond donors (Lipinski definition) is 2. The molecule has 1 aromatic rings. The van der Waals surface area contributed by atoms with E-state index in [9.17, 15) is 9.59 Å². The van der Waals surface area contributed by atoms with Crippen LogP contribution in [-0.2, 0) is 16.0 Å². The lowest BCUT2D eigenvalue weighted by atomic mass is 9.96. The molecule has 0 heterocycles. The molecule has 0 spiro atoms. The maximum Gasteiger partial charge on any atom is 0.328 e. The first-order valence-corrected chi connectivity index (χ1v) is 6.24. The summed E-state index contributed by atoms with van der Waals surface area (Å²) in [4.78, 5) is 22.9. The van der Waals surface area contributed by atoms with Gasteiger partial charge in [0.25, 0.3) is 0 Å². The van der Waals surface area contributed by atoms with Gasteiger partial charge in [-0.05, 0) is 51.3 Å². The fourth-order valence-electron chi connectivity index (χ4n) is 2.10. The van der Waals surface area contributed by atoms with Crippen LogP contribution in [-0.4, -0.2) is 22.5 Å². The van der Waals surface area contributed by atoms with Gasteiger partial charge in [0.15, 0.2) is 0 Å². The van der Waals surface area contributed by atoms with Crippen LogP contribution in [0.1, 0.15) is 36.1 Å². The van der Waals surface area contributed by atoms with Gasteiger partial charge in [-0.3, -0.25) is 4.79 Å². The molecular weight excluding hydrogens is 242 g/mol. The van der Waals surface area contributed by atoms with Crippen molar-refractivity contribution in [3.63, 3.8) is 0 Å². The quantitative estimate of drug-likeness (QED) is 0.874. The molecule has 0 atom stereocenters. The number of carboxylic acids is 1. The molecule has 4 nitrogen and oxygen atoms in total. The van der Waals surface area contributed by atoms with Gasteiger partial charge in [-0.25, -0.2) is 4.79 Å². The summed E-state index contributed by atoms with van der Waals surface area (Å²) in [7, 11) is 0. The van der Waals surface area contributed by atoms with Crippen LogP contribution >= 0.6 is 0 Å². The molecule has 0 bridgehead atoms. The lowest BCUT2D eigenvalue weighted by Crippen LogP contribution is -2.50. The van der Waals surface area contributed by atoms with Crippen LogP contribution in [0.15, 0.2) is 12.1 Å². The van der Waals surface area contributed by atoms with Crippen LogP contribution in [0.3, 0.4) is 0 Å². The van der Waals surface area contributed by atoms with E-state index in [0.29, 0.717) is 0 Å². The highest BCUT2D eigenvalue weighted by Gasteiger charge is 2.29. The van der Waals surface area contributed by atoms with Crippen LogP contribution in [0.4, 0.5) is 0 Å². The van der Waals surface area contributed by atoms with Crippen molar-refractivity contribution in [2.45, 2.75) is 46.6 Å². The maximum atomic E-state index is 11.9. The second-order valence-corrected chi connectivity index (χ2v) is 5.53. The first-order valence-electron chi connectivity index (χ1n) is 6.24. The predicted molar refractivity (Wildman–Crippen MR) is 74.2 cm³/mol. The molecule has 0 aliphatic rings. The molecule has 4 heteroatoms. The van der Waals surface area contributed by atoms with Crippen molar-refractivity contribution >= 4 is 11.9 Å². The van der Waals surface area contributed by atoms with E-state index in [4.69, 9.17) is 5.11 Å². The Kier molecular flexibility index (Phi) is 4.35. The summed E-state index contributed by atoms with van der Waals surface area (Å²) < 4.78 is 0. The summed E-state index contributed by atoms with van der Waals surface area (Å²) in [6.07, 6.45) is 0.203. The number of aliphatic carboxylic acids is 1. The molecule has 1 amide bonds. The molecule has 2 N–H and O–H groups in total. The van der Waals surface area contributed by atoms with Gasteiger partial charge in [-0.2, -0.15) is 0 Å². The van der Waals surface area contributed by atoms with Crippen molar-refractivity contribution in [3.8, 4) is 0 Å². The molecule has 0 aliphatic carbocycles. The zero-order valence-corrected chi connectivity index (χ0v) is 12.1. The highest BCUT2D eigenvalue weighted by Crippen LogP contribution is 2.17. The van der Waals surface area contributed by atoms with Gasteiger partial charge in [0, 0.05) is 0 Å². The molecule has 104 valence electrons. The molecule has 1 rings (SSSR count). The molecule has 19 heavy (non-hydrogen) atoms. The van der Waals surface area contributed by atoms with Crippen LogP contribution in [0, 0.1) is 20.8 Å². The Hall–Kier alpha value is -1.84. The lowest BCUT2D eigenvalue weighted by Gasteiger charge is -2.21. The minimum Gasteiger partial charge on any atom is -0.480 e. The fraction of sp³-hybridized carbons (Fsp3) is 0.467. The topological polar surface area (TPSA) is 66.4 Å². The minimum atomic E-state index is -1.25. The van der Waals surface area contributed by atoms with Crippen molar-refractivity contribution in [1.82, 2.24) is 5.32 Å². The van der Waals surface area contributed by atoms with E-state index >= 15 is 0 Å². The summed E-state index contributed by atoms with van der Waals surface area (Å²) in [6, 6.07) is 4.05. The Morgan fingerprint density at radius 3 is 2.05 bits per heavy atom. The molecular formula is C15H21NO3. The highest BCUT2D eigenvalue weighted by atomic mass is 16.4. The number of nitrogens with one attached hydrogen (secondary N) is 1. The standard InChI is InChI=1S/C15H21NO3/c1-9-6-10(2)12(11(3)7-9)8-13(17)16-15(4,5)14(18)19/h6-7H,8H2,1-5H3,(H,16,17)(H,18,19). The number of carbonyl (C=O) groups is 2. The molecule has 0 aliphatic heterocycles. The van der Waals surface area contributed by atoms with Crippen LogP contribution < -0.4 is 5.32 Å². The second kappa shape index (κ2) is 5.43. The number of amides is 1. The summed E-state index contributed by atoms with van der Waals surface area (Å²) in [5.41, 5.74) is 2.99. The van der Waals surface area contributed by atoms with E-state index in [1.54, 1.807) is 0 Å². The molecule has 1 aromatic carbocycles.